The number of rotatable bonds is 4. The number of nitrogens with zero attached hydrogens (tertiary/aromatic N) is 3. The van der Waals surface area contributed by atoms with Crippen molar-refractivity contribution >= 4 is 35.1 Å². The van der Waals surface area contributed by atoms with E-state index < -0.39 is 17.6 Å². The second-order valence-electron chi connectivity index (χ2n) is 7.03. The molecule has 0 bridgehead atoms. The molecule has 3 heterocycles. The summed E-state index contributed by atoms with van der Waals surface area (Å²) in [4.78, 5) is 7.58. The Balaban J connectivity index is 1.53. The van der Waals surface area contributed by atoms with Crippen LogP contribution in [0.4, 0.5) is 24.7 Å². The minimum absolute atomic E-state index is 0.0961. The standard InChI is InChI=1S/C18H18ClF3N4S/c1-25-6-10-8-26(9-11(10)7-25)13-5-12(20)18(17(22)16(13)19)27-24-15-4-2-3-14(21)23-15/h2-5,10-11H,6-9H2,1H3,(H,23,24). The van der Waals surface area contributed by atoms with Crippen LogP contribution in [0.25, 0.3) is 0 Å². The lowest BCUT2D eigenvalue weighted by atomic mass is 10.0. The molecule has 0 spiro atoms. The topological polar surface area (TPSA) is 31.4 Å². The summed E-state index contributed by atoms with van der Waals surface area (Å²) in [5.41, 5.74) is 0.386. The van der Waals surface area contributed by atoms with Gasteiger partial charge in [0.15, 0.2) is 5.82 Å². The summed E-state index contributed by atoms with van der Waals surface area (Å²) in [5.74, 6) is -1.07. The lowest BCUT2D eigenvalue weighted by Crippen LogP contribution is -2.27. The predicted octanol–water partition coefficient (Wildman–Crippen LogP) is 4.27. The number of halogens is 4. The first-order valence-corrected chi connectivity index (χ1v) is 9.78. The molecule has 2 aromatic rings. The molecule has 0 aliphatic carbocycles. The van der Waals surface area contributed by atoms with Crippen molar-refractivity contribution in [1.82, 2.24) is 9.88 Å². The second kappa shape index (κ2) is 7.41. The molecular formula is C18H18ClF3N4S. The number of fused-ring (bicyclic) bond motifs is 1. The molecule has 0 amide bonds. The first-order chi connectivity index (χ1) is 12.9. The quantitative estimate of drug-likeness (QED) is 0.459. The number of likely N-dealkylation sites (tertiary alicyclic amines) is 1. The number of benzene rings is 1. The van der Waals surface area contributed by atoms with Gasteiger partial charge in [-0.15, -0.1) is 0 Å². The monoisotopic (exact) mass is 414 g/mol. The first-order valence-electron chi connectivity index (χ1n) is 8.58. The van der Waals surface area contributed by atoms with E-state index in [-0.39, 0.29) is 15.7 Å². The van der Waals surface area contributed by atoms with Gasteiger partial charge in [-0.2, -0.15) is 4.39 Å². The molecule has 1 N–H and O–H groups in total. The highest BCUT2D eigenvalue weighted by Crippen LogP contribution is 2.41. The van der Waals surface area contributed by atoms with Gasteiger partial charge in [0.05, 0.1) is 5.69 Å². The maximum atomic E-state index is 14.7. The van der Waals surface area contributed by atoms with E-state index >= 15 is 0 Å². The maximum Gasteiger partial charge on any atom is 0.214 e. The Morgan fingerprint density at radius 1 is 1.15 bits per heavy atom. The molecule has 2 aliphatic rings. The Kier molecular flexibility index (Phi) is 5.13. The normalized spacial score (nSPS) is 22.3. The number of hydrogen-bond acceptors (Lipinski definition) is 5. The van der Waals surface area contributed by atoms with Crippen LogP contribution in [0.15, 0.2) is 29.2 Å². The molecule has 4 rings (SSSR count). The Hall–Kier alpha value is -1.64. The van der Waals surface area contributed by atoms with Gasteiger partial charge in [-0.1, -0.05) is 17.7 Å². The Bertz CT molecular complexity index is 855. The number of nitrogens with one attached hydrogen (secondary N) is 1. The molecule has 2 atom stereocenters. The van der Waals surface area contributed by atoms with Crippen molar-refractivity contribution in [1.29, 1.82) is 0 Å². The Morgan fingerprint density at radius 3 is 2.52 bits per heavy atom. The molecule has 4 nitrogen and oxygen atoms in total. The third-order valence-electron chi connectivity index (χ3n) is 5.08. The zero-order valence-corrected chi connectivity index (χ0v) is 16.1. The third kappa shape index (κ3) is 3.70. The van der Waals surface area contributed by atoms with E-state index in [1.54, 1.807) is 0 Å². The van der Waals surface area contributed by atoms with Crippen LogP contribution in [0.1, 0.15) is 0 Å². The lowest BCUT2D eigenvalue weighted by Gasteiger charge is -2.23. The van der Waals surface area contributed by atoms with E-state index in [1.807, 2.05) is 4.90 Å². The highest BCUT2D eigenvalue weighted by molar-refractivity contribution is 8.00. The van der Waals surface area contributed by atoms with Gasteiger partial charge >= 0.3 is 0 Å². The highest BCUT2D eigenvalue weighted by atomic mass is 35.5. The van der Waals surface area contributed by atoms with Crippen LogP contribution in [0.3, 0.4) is 0 Å². The number of anilines is 2. The summed E-state index contributed by atoms with van der Waals surface area (Å²) < 4.78 is 45.1. The van der Waals surface area contributed by atoms with Gasteiger partial charge in [-0.3, -0.25) is 0 Å². The lowest BCUT2D eigenvalue weighted by molar-refractivity contribution is 0.387. The van der Waals surface area contributed by atoms with E-state index in [0.717, 1.165) is 26.2 Å². The molecule has 27 heavy (non-hydrogen) atoms. The molecule has 144 valence electrons. The van der Waals surface area contributed by atoms with Crippen molar-refractivity contribution in [2.75, 3.05) is 42.8 Å². The number of pyridine rings is 1. The van der Waals surface area contributed by atoms with Crippen LogP contribution in [-0.4, -0.2) is 43.1 Å². The minimum atomic E-state index is -0.824. The van der Waals surface area contributed by atoms with Crippen molar-refractivity contribution in [2.24, 2.45) is 11.8 Å². The molecule has 1 aromatic carbocycles. The molecule has 1 aromatic heterocycles. The molecular weight excluding hydrogens is 397 g/mol. The fourth-order valence-corrected chi connectivity index (χ4v) is 4.88. The van der Waals surface area contributed by atoms with Crippen LogP contribution < -0.4 is 9.62 Å². The van der Waals surface area contributed by atoms with E-state index in [2.05, 4.69) is 21.7 Å². The van der Waals surface area contributed by atoms with Crippen molar-refractivity contribution in [3.8, 4) is 0 Å². The Labute approximate surface area is 164 Å². The van der Waals surface area contributed by atoms with Crippen molar-refractivity contribution in [2.45, 2.75) is 4.90 Å². The van der Waals surface area contributed by atoms with Crippen molar-refractivity contribution in [3.05, 3.63) is 46.9 Å². The SMILES string of the molecule is CN1CC2CN(c3cc(F)c(SNc4cccc(F)n4)c(F)c3Cl)CC2C1. The molecule has 2 fully saturated rings. The van der Waals surface area contributed by atoms with Gasteiger partial charge < -0.3 is 14.5 Å². The second-order valence-corrected chi connectivity index (χ2v) is 8.23. The van der Waals surface area contributed by atoms with Crippen LogP contribution in [0.5, 0.6) is 0 Å². The van der Waals surface area contributed by atoms with Gasteiger partial charge in [0.1, 0.15) is 21.6 Å². The van der Waals surface area contributed by atoms with E-state index in [9.17, 15) is 13.2 Å². The first kappa shape index (κ1) is 18.7. The van der Waals surface area contributed by atoms with E-state index in [0.29, 0.717) is 29.5 Å². The zero-order valence-electron chi connectivity index (χ0n) is 14.6. The van der Waals surface area contributed by atoms with E-state index in [1.165, 1.54) is 24.3 Å². The summed E-state index contributed by atoms with van der Waals surface area (Å²) in [6, 6.07) is 5.42. The molecule has 0 saturated carbocycles. The van der Waals surface area contributed by atoms with Crippen LogP contribution in [0.2, 0.25) is 5.02 Å². The summed E-state index contributed by atoms with van der Waals surface area (Å²) in [6.07, 6.45) is 0. The molecule has 2 aliphatic heterocycles. The maximum absolute atomic E-state index is 14.7. The van der Waals surface area contributed by atoms with Crippen LogP contribution >= 0.6 is 23.5 Å². The highest BCUT2D eigenvalue weighted by Gasteiger charge is 2.39. The van der Waals surface area contributed by atoms with Crippen LogP contribution in [0, 0.1) is 29.4 Å². The fraction of sp³-hybridized carbons (Fsp3) is 0.389. The molecule has 9 heteroatoms. The summed E-state index contributed by atoms with van der Waals surface area (Å²) in [5, 5.41) is -0.0961. The average molecular weight is 415 g/mol. The predicted molar refractivity (Wildman–Crippen MR) is 102 cm³/mol. The van der Waals surface area contributed by atoms with Gasteiger partial charge in [-0.25, -0.2) is 13.8 Å². The van der Waals surface area contributed by atoms with Gasteiger partial charge in [0, 0.05) is 32.2 Å². The van der Waals surface area contributed by atoms with Crippen molar-refractivity contribution in [3.63, 3.8) is 0 Å². The van der Waals surface area contributed by atoms with Crippen LogP contribution in [-0.2, 0) is 0 Å². The minimum Gasteiger partial charge on any atom is -0.369 e. The smallest absolute Gasteiger partial charge is 0.214 e. The summed E-state index contributed by atoms with van der Waals surface area (Å²) in [6.45, 7) is 3.46. The van der Waals surface area contributed by atoms with E-state index in [4.69, 9.17) is 11.6 Å². The molecule has 2 saturated heterocycles. The molecule has 0 radical (unpaired) electrons. The Morgan fingerprint density at radius 2 is 1.85 bits per heavy atom. The zero-order chi connectivity index (χ0) is 19.1. The largest absolute Gasteiger partial charge is 0.369 e. The van der Waals surface area contributed by atoms with Gasteiger partial charge in [0.2, 0.25) is 5.95 Å². The summed E-state index contributed by atoms with van der Waals surface area (Å²) >= 11 is 6.91. The molecule has 2 unspecified atom stereocenters. The van der Waals surface area contributed by atoms with Gasteiger partial charge in [0.25, 0.3) is 0 Å². The fourth-order valence-electron chi connectivity index (χ4n) is 3.88. The number of hydrogen-bond donors (Lipinski definition) is 1. The average Bonchev–Trinajstić information content (AvgIpc) is 3.15. The van der Waals surface area contributed by atoms with Crippen molar-refractivity contribution < 1.29 is 13.2 Å². The summed E-state index contributed by atoms with van der Waals surface area (Å²) in [7, 11) is 2.08. The third-order valence-corrected chi connectivity index (χ3v) is 6.33. The number of aromatic nitrogens is 1. The van der Waals surface area contributed by atoms with Gasteiger partial charge in [-0.05, 0) is 43.0 Å².